The highest BCUT2D eigenvalue weighted by atomic mass is 35.5. The van der Waals surface area contributed by atoms with Gasteiger partial charge in [0.2, 0.25) is 0 Å². The molecule has 5 heteroatoms. The SMILES string of the molecule is CCCCCCCCCc1cnc(-c2ccc(OC(=O)CC(Cl)C(C)CCC)cc2)nc1. The maximum absolute atomic E-state index is 12.2. The van der Waals surface area contributed by atoms with Crippen LogP contribution in [0.15, 0.2) is 36.7 Å². The van der Waals surface area contributed by atoms with Gasteiger partial charge in [0.1, 0.15) is 5.75 Å². The van der Waals surface area contributed by atoms with Crippen LogP contribution in [0.4, 0.5) is 0 Å². The van der Waals surface area contributed by atoms with Gasteiger partial charge in [0.15, 0.2) is 5.82 Å². The summed E-state index contributed by atoms with van der Waals surface area (Å²) >= 11 is 6.34. The fraction of sp³-hybridized carbons (Fsp3) is 0.593. The van der Waals surface area contributed by atoms with Crippen molar-refractivity contribution in [2.45, 2.75) is 96.8 Å². The van der Waals surface area contributed by atoms with E-state index in [-0.39, 0.29) is 17.8 Å². The highest BCUT2D eigenvalue weighted by molar-refractivity contribution is 6.21. The third-order valence-corrected chi connectivity index (χ3v) is 6.43. The first-order valence-electron chi connectivity index (χ1n) is 12.3. The number of benzene rings is 1. The second kappa shape index (κ2) is 15.0. The molecule has 0 saturated carbocycles. The van der Waals surface area contributed by atoms with Gasteiger partial charge in [-0.1, -0.05) is 65.7 Å². The first kappa shape index (κ1) is 26.3. The molecule has 0 aliphatic rings. The molecule has 1 aromatic heterocycles. The normalized spacial score (nSPS) is 13.0. The van der Waals surface area contributed by atoms with Gasteiger partial charge in [-0.3, -0.25) is 4.79 Å². The number of ether oxygens (including phenoxy) is 1. The van der Waals surface area contributed by atoms with Crippen LogP contribution in [0.5, 0.6) is 5.75 Å². The zero-order valence-electron chi connectivity index (χ0n) is 20.0. The fourth-order valence-electron chi connectivity index (χ4n) is 3.76. The standard InChI is InChI=1S/C27H39ClN2O2/c1-4-6-7-8-9-10-11-13-22-19-29-27(30-20-22)23-14-16-24(17-15-23)32-26(31)18-25(28)21(3)12-5-2/h14-17,19-21,25H,4-13,18H2,1-3H3. The summed E-state index contributed by atoms with van der Waals surface area (Å²) in [5.41, 5.74) is 2.08. The summed E-state index contributed by atoms with van der Waals surface area (Å²) in [6.07, 6.45) is 16.3. The summed E-state index contributed by atoms with van der Waals surface area (Å²) < 4.78 is 5.44. The summed E-state index contributed by atoms with van der Waals surface area (Å²) in [7, 11) is 0. The minimum Gasteiger partial charge on any atom is -0.426 e. The average molecular weight is 459 g/mol. The quantitative estimate of drug-likeness (QED) is 0.118. The minimum atomic E-state index is -0.299. The number of alkyl halides is 1. The smallest absolute Gasteiger partial charge is 0.312 e. The lowest BCUT2D eigenvalue weighted by atomic mass is 10.00. The number of carbonyl (C=O) groups excluding carboxylic acids is 1. The minimum absolute atomic E-state index is 0.199. The molecule has 2 unspecified atom stereocenters. The summed E-state index contributed by atoms with van der Waals surface area (Å²) in [4.78, 5) is 21.2. The third-order valence-electron chi connectivity index (χ3n) is 5.84. The van der Waals surface area contributed by atoms with E-state index in [9.17, 15) is 4.79 Å². The van der Waals surface area contributed by atoms with Crippen LogP contribution in [0.1, 0.15) is 90.5 Å². The maximum Gasteiger partial charge on any atom is 0.312 e. The lowest BCUT2D eigenvalue weighted by molar-refractivity contribution is -0.134. The molecule has 0 spiro atoms. The van der Waals surface area contributed by atoms with Crippen molar-refractivity contribution in [1.29, 1.82) is 0 Å². The van der Waals surface area contributed by atoms with Gasteiger partial charge in [0.25, 0.3) is 0 Å². The highest BCUT2D eigenvalue weighted by Gasteiger charge is 2.19. The van der Waals surface area contributed by atoms with Crippen molar-refractivity contribution in [3.05, 3.63) is 42.2 Å². The Morgan fingerprint density at radius 2 is 1.56 bits per heavy atom. The van der Waals surface area contributed by atoms with E-state index in [1.165, 1.54) is 50.5 Å². The Morgan fingerprint density at radius 3 is 2.19 bits per heavy atom. The number of halogens is 1. The molecule has 1 aromatic carbocycles. The summed E-state index contributed by atoms with van der Waals surface area (Å²) in [6, 6.07) is 7.32. The number of hydrogen-bond donors (Lipinski definition) is 0. The molecule has 0 saturated heterocycles. The molecule has 176 valence electrons. The van der Waals surface area contributed by atoms with Gasteiger partial charge in [-0.15, -0.1) is 11.6 Å². The second-order valence-electron chi connectivity index (χ2n) is 8.77. The lowest BCUT2D eigenvalue weighted by Crippen LogP contribution is -2.19. The largest absolute Gasteiger partial charge is 0.426 e. The van der Waals surface area contributed by atoms with Gasteiger partial charge in [0.05, 0.1) is 6.42 Å². The van der Waals surface area contributed by atoms with Crippen LogP contribution in [0.25, 0.3) is 11.4 Å². The van der Waals surface area contributed by atoms with Crippen molar-refractivity contribution < 1.29 is 9.53 Å². The van der Waals surface area contributed by atoms with Gasteiger partial charge < -0.3 is 4.74 Å². The maximum atomic E-state index is 12.2. The van der Waals surface area contributed by atoms with Crippen molar-refractivity contribution in [3.8, 4) is 17.1 Å². The molecule has 2 atom stereocenters. The number of aromatic nitrogens is 2. The van der Waals surface area contributed by atoms with Crippen molar-refractivity contribution >= 4 is 17.6 Å². The fourth-order valence-corrected chi connectivity index (χ4v) is 4.01. The predicted molar refractivity (Wildman–Crippen MR) is 133 cm³/mol. The number of hydrogen-bond acceptors (Lipinski definition) is 4. The van der Waals surface area contributed by atoms with E-state index in [4.69, 9.17) is 16.3 Å². The average Bonchev–Trinajstić information content (AvgIpc) is 2.79. The second-order valence-corrected chi connectivity index (χ2v) is 9.33. The highest BCUT2D eigenvalue weighted by Crippen LogP contribution is 2.23. The van der Waals surface area contributed by atoms with Crippen LogP contribution in [-0.4, -0.2) is 21.3 Å². The van der Waals surface area contributed by atoms with Gasteiger partial charge >= 0.3 is 5.97 Å². The Balaban J connectivity index is 1.78. The number of rotatable bonds is 15. The van der Waals surface area contributed by atoms with Gasteiger partial charge in [0, 0.05) is 23.3 Å². The molecule has 4 nitrogen and oxygen atoms in total. The molecule has 0 aliphatic carbocycles. The van der Waals surface area contributed by atoms with E-state index < -0.39 is 0 Å². The first-order valence-corrected chi connectivity index (χ1v) is 12.7. The topological polar surface area (TPSA) is 52.1 Å². The number of carbonyl (C=O) groups is 1. The zero-order valence-corrected chi connectivity index (χ0v) is 20.7. The molecule has 2 rings (SSSR count). The van der Waals surface area contributed by atoms with Crippen LogP contribution in [0.3, 0.4) is 0 Å². The molecule has 32 heavy (non-hydrogen) atoms. The van der Waals surface area contributed by atoms with Crippen molar-refractivity contribution in [2.24, 2.45) is 5.92 Å². The van der Waals surface area contributed by atoms with E-state index in [1.807, 2.05) is 24.5 Å². The Morgan fingerprint density at radius 1 is 0.938 bits per heavy atom. The van der Waals surface area contributed by atoms with E-state index in [0.717, 1.165) is 24.8 Å². The summed E-state index contributed by atoms with van der Waals surface area (Å²) in [6.45, 7) is 6.44. The van der Waals surface area contributed by atoms with Crippen LogP contribution in [0.2, 0.25) is 0 Å². The Kier molecular flexibility index (Phi) is 12.3. The molecule has 0 fully saturated rings. The molecule has 2 aromatic rings. The Hall–Kier alpha value is -1.94. The number of nitrogens with zero attached hydrogens (tertiary/aromatic N) is 2. The molecule has 0 aliphatic heterocycles. The third kappa shape index (κ3) is 9.68. The van der Waals surface area contributed by atoms with Crippen molar-refractivity contribution in [1.82, 2.24) is 9.97 Å². The number of aryl methyl sites for hydroxylation is 1. The lowest BCUT2D eigenvalue weighted by Gasteiger charge is -2.16. The zero-order chi connectivity index (χ0) is 23.2. The van der Waals surface area contributed by atoms with Crippen LogP contribution in [0, 0.1) is 5.92 Å². The Labute approximate surface area is 199 Å². The van der Waals surface area contributed by atoms with Crippen LogP contribution in [-0.2, 0) is 11.2 Å². The van der Waals surface area contributed by atoms with Crippen molar-refractivity contribution in [2.75, 3.05) is 0 Å². The summed E-state index contributed by atoms with van der Waals surface area (Å²) in [5.74, 6) is 1.19. The van der Waals surface area contributed by atoms with E-state index >= 15 is 0 Å². The molecule has 1 heterocycles. The predicted octanol–water partition coefficient (Wildman–Crippen LogP) is 7.78. The first-order chi connectivity index (χ1) is 15.5. The van der Waals surface area contributed by atoms with E-state index in [0.29, 0.717) is 17.5 Å². The van der Waals surface area contributed by atoms with Crippen LogP contribution >= 0.6 is 11.6 Å². The van der Waals surface area contributed by atoms with E-state index in [2.05, 4.69) is 30.7 Å². The number of esters is 1. The molecular weight excluding hydrogens is 420 g/mol. The molecular formula is C27H39ClN2O2. The van der Waals surface area contributed by atoms with E-state index in [1.54, 1.807) is 12.1 Å². The monoisotopic (exact) mass is 458 g/mol. The molecule has 0 bridgehead atoms. The molecule has 0 amide bonds. The molecule has 0 radical (unpaired) electrons. The molecule has 0 N–H and O–H groups in total. The number of unbranched alkanes of at least 4 members (excludes halogenated alkanes) is 6. The Bertz CT molecular complexity index is 777. The van der Waals surface area contributed by atoms with Gasteiger partial charge in [-0.05, 0) is 55.0 Å². The summed E-state index contributed by atoms with van der Waals surface area (Å²) in [5, 5.41) is -0.199. The van der Waals surface area contributed by atoms with Crippen molar-refractivity contribution in [3.63, 3.8) is 0 Å². The van der Waals surface area contributed by atoms with Crippen LogP contribution < -0.4 is 4.74 Å². The van der Waals surface area contributed by atoms with Gasteiger partial charge in [-0.2, -0.15) is 0 Å². The van der Waals surface area contributed by atoms with Gasteiger partial charge in [-0.25, -0.2) is 9.97 Å².